The van der Waals surface area contributed by atoms with Gasteiger partial charge in [0.25, 0.3) is 5.56 Å². The number of rotatable bonds is 3. The summed E-state index contributed by atoms with van der Waals surface area (Å²) in [4.78, 5) is 18.3. The summed E-state index contributed by atoms with van der Waals surface area (Å²) in [6.07, 6.45) is 0. The second-order valence-corrected chi connectivity index (χ2v) is 6.26. The molecule has 0 spiro atoms. The lowest BCUT2D eigenvalue weighted by Crippen LogP contribution is -2.26. The van der Waals surface area contributed by atoms with Crippen LogP contribution in [-0.2, 0) is 6.54 Å². The summed E-state index contributed by atoms with van der Waals surface area (Å²) in [5.41, 5.74) is 0.661. The topological polar surface area (TPSA) is 34.9 Å². The molecule has 1 atom stereocenters. The normalized spacial score (nSPS) is 12.7. The Morgan fingerprint density at radius 3 is 2.80 bits per heavy atom. The first-order valence-corrected chi connectivity index (χ1v) is 7.64. The van der Waals surface area contributed by atoms with Crippen LogP contribution in [0.1, 0.15) is 23.0 Å². The fraction of sp³-hybridized carbons (Fsp3) is 0.200. The van der Waals surface area contributed by atoms with Crippen LogP contribution in [0.3, 0.4) is 0 Å². The molecule has 0 saturated heterocycles. The highest BCUT2D eigenvalue weighted by Crippen LogP contribution is 2.20. The van der Waals surface area contributed by atoms with Crippen LogP contribution in [0.4, 0.5) is 0 Å². The molecule has 0 aliphatic carbocycles. The molecular weight excluding hydrogens is 292 g/mol. The van der Waals surface area contributed by atoms with Crippen LogP contribution in [0.5, 0.6) is 0 Å². The Hall–Kier alpha value is -1.65. The maximum Gasteiger partial charge on any atom is 0.261 e. The summed E-state index contributed by atoms with van der Waals surface area (Å²) in [5.74, 6) is 0.615. The second-order valence-electron chi connectivity index (χ2n) is 4.57. The fourth-order valence-corrected chi connectivity index (χ4v) is 3.06. The van der Waals surface area contributed by atoms with E-state index in [1.165, 1.54) is 0 Å². The SMILES string of the molecule is CC(Cl)c1nc2ccccc2c(=O)n1Cc1cccs1. The molecule has 0 aliphatic heterocycles. The van der Waals surface area contributed by atoms with Crippen LogP contribution in [0, 0.1) is 0 Å². The third-order valence-corrected chi connectivity index (χ3v) is 4.20. The van der Waals surface area contributed by atoms with Gasteiger partial charge in [0.15, 0.2) is 0 Å². The molecule has 0 fully saturated rings. The number of halogens is 1. The molecule has 1 aromatic carbocycles. The predicted octanol–water partition coefficient (Wildman–Crippen LogP) is 3.81. The summed E-state index contributed by atoms with van der Waals surface area (Å²) in [6.45, 7) is 2.35. The highest BCUT2D eigenvalue weighted by molar-refractivity contribution is 7.09. The van der Waals surface area contributed by atoms with Gasteiger partial charge in [-0.25, -0.2) is 4.98 Å². The quantitative estimate of drug-likeness (QED) is 0.690. The molecule has 0 bridgehead atoms. The van der Waals surface area contributed by atoms with Crippen molar-refractivity contribution >= 4 is 33.8 Å². The van der Waals surface area contributed by atoms with Crippen LogP contribution in [-0.4, -0.2) is 9.55 Å². The minimum atomic E-state index is -0.313. The van der Waals surface area contributed by atoms with Crippen molar-refractivity contribution in [1.29, 1.82) is 0 Å². The molecule has 20 heavy (non-hydrogen) atoms. The third-order valence-electron chi connectivity index (χ3n) is 3.14. The van der Waals surface area contributed by atoms with Gasteiger partial charge in [0.1, 0.15) is 5.82 Å². The van der Waals surface area contributed by atoms with Crippen molar-refractivity contribution in [2.75, 3.05) is 0 Å². The van der Waals surface area contributed by atoms with Crippen molar-refractivity contribution < 1.29 is 0 Å². The van der Waals surface area contributed by atoms with Crippen molar-refractivity contribution in [3.8, 4) is 0 Å². The smallest absolute Gasteiger partial charge is 0.261 e. The van der Waals surface area contributed by atoms with E-state index in [-0.39, 0.29) is 10.9 Å². The average Bonchev–Trinajstić information content (AvgIpc) is 2.94. The molecule has 3 aromatic rings. The van der Waals surface area contributed by atoms with Gasteiger partial charge in [-0.2, -0.15) is 0 Å². The van der Waals surface area contributed by atoms with Gasteiger partial charge in [0, 0.05) is 4.88 Å². The maximum absolute atomic E-state index is 12.6. The Morgan fingerprint density at radius 1 is 1.30 bits per heavy atom. The minimum Gasteiger partial charge on any atom is -0.290 e. The van der Waals surface area contributed by atoms with E-state index in [0.29, 0.717) is 23.3 Å². The van der Waals surface area contributed by atoms with Gasteiger partial charge in [0.2, 0.25) is 0 Å². The van der Waals surface area contributed by atoms with Crippen molar-refractivity contribution in [2.45, 2.75) is 18.8 Å². The number of aromatic nitrogens is 2. The number of nitrogens with zero attached hydrogens (tertiary/aromatic N) is 2. The molecule has 5 heteroatoms. The van der Waals surface area contributed by atoms with Gasteiger partial charge in [0.05, 0.1) is 22.8 Å². The monoisotopic (exact) mass is 304 g/mol. The lowest BCUT2D eigenvalue weighted by Gasteiger charge is -2.14. The van der Waals surface area contributed by atoms with Crippen molar-refractivity contribution in [3.05, 3.63) is 62.8 Å². The summed E-state index contributed by atoms with van der Waals surface area (Å²) < 4.78 is 1.67. The Labute approximate surface area is 125 Å². The van der Waals surface area contributed by atoms with Crippen LogP contribution in [0.2, 0.25) is 0 Å². The number of benzene rings is 1. The molecule has 0 saturated carbocycles. The first-order valence-electron chi connectivity index (χ1n) is 6.33. The van der Waals surface area contributed by atoms with Gasteiger partial charge >= 0.3 is 0 Å². The van der Waals surface area contributed by atoms with Crippen LogP contribution in [0.15, 0.2) is 46.6 Å². The average molecular weight is 305 g/mol. The highest BCUT2D eigenvalue weighted by Gasteiger charge is 2.15. The van der Waals surface area contributed by atoms with E-state index in [0.717, 1.165) is 4.88 Å². The Kier molecular flexibility index (Phi) is 3.59. The number of fused-ring (bicyclic) bond motifs is 1. The third kappa shape index (κ3) is 2.37. The standard InChI is InChI=1S/C15H13ClN2OS/c1-10(16)14-17-13-7-3-2-6-12(13)15(19)18(14)9-11-5-4-8-20-11/h2-8,10H,9H2,1H3. The first-order chi connectivity index (χ1) is 9.66. The Bertz CT molecular complexity index is 793. The molecule has 3 rings (SSSR count). The zero-order valence-electron chi connectivity index (χ0n) is 10.9. The zero-order valence-corrected chi connectivity index (χ0v) is 12.5. The molecular formula is C15H13ClN2OS. The molecule has 0 radical (unpaired) electrons. The minimum absolute atomic E-state index is 0.0356. The largest absolute Gasteiger partial charge is 0.290 e. The Balaban J connectivity index is 2.24. The molecule has 3 nitrogen and oxygen atoms in total. The number of hydrogen-bond donors (Lipinski definition) is 0. The van der Waals surface area contributed by atoms with Crippen LogP contribution in [0.25, 0.3) is 10.9 Å². The van der Waals surface area contributed by atoms with Gasteiger partial charge in [-0.15, -0.1) is 22.9 Å². The molecule has 0 N–H and O–H groups in total. The van der Waals surface area contributed by atoms with Gasteiger partial charge in [-0.1, -0.05) is 18.2 Å². The maximum atomic E-state index is 12.6. The summed E-state index contributed by atoms with van der Waals surface area (Å²) in [5, 5.41) is 2.32. The van der Waals surface area contributed by atoms with E-state index in [4.69, 9.17) is 11.6 Å². The van der Waals surface area contributed by atoms with Crippen LogP contribution >= 0.6 is 22.9 Å². The molecule has 0 amide bonds. The predicted molar refractivity (Wildman–Crippen MR) is 83.7 cm³/mol. The summed E-state index contributed by atoms with van der Waals surface area (Å²) >= 11 is 7.82. The van der Waals surface area contributed by atoms with Crippen molar-refractivity contribution in [2.24, 2.45) is 0 Å². The first kappa shape index (κ1) is 13.3. The lowest BCUT2D eigenvalue weighted by atomic mass is 10.2. The van der Waals surface area contributed by atoms with E-state index in [2.05, 4.69) is 4.98 Å². The van der Waals surface area contributed by atoms with E-state index in [1.807, 2.05) is 42.6 Å². The van der Waals surface area contributed by atoms with Crippen molar-refractivity contribution in [3.63, 3.8) is 0 Å². The zero-order chi connectivity index (χ0) is 14.1. The number of alkyl halides is 1. The summed E-state index contributed by atoms with van der Waals surface area (Å²) in [7, 11) is 0. The fourth-order valence-electron chi connectivity index (χ4n) is 2.20. The molecule has 2 aromatic heterocycles. The summed E-state index contributed by atoms with van der Waals surface area (Å²) in [6, 6.07) is 11.4. The lowest BCUT2D eigenvalue weighted by molar-refractivity contribution is 0.685. The van der Waals surface area contributed by atoms with Crippen LogP contribution < -0.4 is 5.56 Å². The van der Waals surface area contributed by atoms with Crippen molar-refractivity contribution in [1.82, 2.24) is 9.55 Å². The number of para-hydroxylation sites is 1. The molecule has 0 aliphatic rings. The van der Waals surface area contributed by atoms with Gasteiger partial charge < -0.3 is 0 Å². The van der Waals surface area contributed by atoms with E-state index in [1.54, 1.807) is 22.0 Å². The molecule has 1 unspecified atom stereocenters. The van der Waals surface area contributed by atoms with E-state index < -0.39 is 0 Å². The molecule has 102 valence electrons. The second kappa shape index (κ2) is 5.38. The van der Waals surface area contributed by atoms with E-state index >= 15 is 0 Å². The van der Waals surface area contributed by atoms with Gasteiger partial charge in [-0.3, -0.25) is 9.36 Å². The Morgan fingerprint density at radius 2 is 2.10 bits per heavy atom. The highest BCUT2D eigenvalue weighted by atomic mass is 35.5. The number of thiophene rings is 1. The van der Waals surface area contributed by atoms with Gasteiger partial charge in [-0.05, 0) is 30.5 Å². The molecule has 2 heterocycles. The number of hydrogen-bond acceptors (Lipinski definition) is 3. The van der Waals surface area contributed by atoms with E-state index in [9.17, 15) is 4.79 Å².